The molecule has 88 valence electrons. The van der Waals surface area contributed by atoms with Crippen LogP contribution in [0.25, 0.3) is 0 Å². The molecule has 0 fully saturated rings. The number of nitrogens with two attached hydrogens (primary N) is 1. The number of rotatable bonds is 6. The molecule has 0 spiro atoms. The molecule has 0 aromatic carbocycles. The van der Waals surface area contributed by atoms with E-state index >= 15 is 0 Å². The van der Waals surface area contributed by atoms with E-state index in [1.807, 2.05) is 25.8 Å². The van der Waals surface area contributed by atoms with Crippen LogP contribution in [0.1, 0.15) is 27.2 Å². The van der Waals surface area contributed by atoms with E-state index in [-0.39, 0.29) is 18.1 Å². The van der Waals surface area contributed by atoms with Crippen LogP contribution in [0, 0.1) is 0 Å². The second-order valence-corrected chi connectivity index (χ2v) is 3.89. The van der Waals surface area contributed by atoms with Crippen molar-refractivity contribution in [3.8, 4) is 0 Å². The average Bonchev–Trinajstić information content (AvgIpc) is 2.17. The molecule has 4 nitrogen and oxygen atoms in total. The number of thiocarbonyl (C=S) groups is 1. The summed E-state index contributed by atoms with van der Waals surface area (Å²) < 4.78 is 4.98. The smallest absolute Gasteiger partial charge is 0.323 e. The molecule has 15 heavy (non-hydrogen) atoms. The Morgan fingerprint density at radius 3 is 2.40 bits per heavy atom. The molecule has 0 radical (unpaired) electrons. The Kier molecular flexibility index (Phi) is 6.43. The summed E-state index contributed by atoms with van der Waals surface area (Å²) >= 11 is 4.90. The van der Waals surface area contributed by atoms with Crippen molar-refractivity contribution in [1.29, 1.82) is 0 Å². The number of likely N-dealkylation sites (N-methyl/N-ethyl adjacent to an activating group) is 1. The molecule has 0 heterocycles. The van der Waals surface area contributed by atoms with Crippen LogP contribution >= 0.6 is 12.2 Å². The Morgan fingerprint density at radius 2 is 2.07 bits per heavy atom. The van der Waals surface area contributed by atoms with E-state index < -0.39 is 0 Å². The summed E-state index contributed by atoms with van der Waals surface area (Å²) in [5.74, 6) is -0.217. The fourth-order valence-corrected chi connectivity index (χ4v) is 1.50. The lowest BCUT2D eigenvalue weighted by atomic mass is 10.1. The summed E-state index contributed by atoms with van der Waals surface area (Å²) in [6.07, 6.45) is 0.683. The molecule has 0 aliphatic heterocycles. The van der Waals surface area contributed by atoms with E-state index in [1.54, 1.807) is 6.92 Å². The van der Waals surface area contributed by atoms with Gasteiger partial charge in [-0.1, -0.05) is 19.1 Å². The van der Waals surface area contributed by atoms with Gasteiger partial charge in [-0.05, 0) is 27.3 Å². The third kappa shape index (κ3) is 4.13. The lowest BCUT2D eigenvalue weighted by Gasteiger charge is -2.30. The third-order valence-electron chi connectivity index (χ3n) is 2.46. The highest BCUT2D eigenvalue weighted by Crippen LogP contribution is 2.08. The van der Waals surface area contributed by atoms with E-state index in [1.165, 1.54) is 0 Å². The van der Waals surface area contributed by atoms with Crippen molar-refractivity contribution in [3.05, 3.63) is 0 Å². The van der Waals surface area contributed by atoms with Crippen molar-refractivity contribution in [3.63, 3.8) is 0 Å². The number of esters is 1. The van der Waals surface area contributed by atoms with Gasteiger partial charge in [0.15, 0.2) is 0 Å². The lowest BCUT2D eigenvalue weighted by Crippen LogP contribution is -2.48. The Balaban J connectivity index is 4.52. The first kappa shape index (κ1) is 14.3. The van der Waals surface area contributed by atoms with Crippen LogP contribution in [0.2, 0.25) is 0 Å². The summed E-state index contributed by atoms with van der Waals surface area (Å²) in [6, 6.07) is -0.379. The Bertz CT molecular complexity index is 233. The topological polar surface area (TPSA) is 55.6 Å². The zero-order chi connectivity index (χ0) is 12.0. The molecule has 0 aliphatic carbocycles. The molecule has 2 N–H and O–H groups in total. The number of hydrogen-bond acceptors (Lipinski definition) is 4. The zero-order valence-corrected chi connectivity index (χ0v) is 10.6. The van der Waals surface area contributed by atoms with Gasteiger partial charge in [0.25, 0.3) is 0 Å². The fourth-order valence-electron chi connectivity index (χ4n) is 1.33. The van der Waals surface area contributed by atoms with Gasteiger partial charge in [0, 0.05) is 0 Å². The Morgan fingerprint density at radius 1 is 1.53 bits per heavy atom. The van der Waals surface area contributed by atoms with Crippen LogP contribution in [0.3, 0.4) is 0 Å². The Labute approximate surface area is 96.8 Å². The first-order valence-electron chi connectivity index (χ1n) is 5.13. The molecule has 0 saturated carbocycles. The van der Waals surface area contributed by atoms with Gasteiger partial charge in [0.05, 0.1) is 17.6 Å². The van der Waals surface area contributed by atoms with Gasteiger partial charge in [-0.15, -0.1) is 0 Å². The second kappa shape index (κ2) is 6.74. The van der Waals surface area contributed by atoms with Crippen molar-refractivity contribution < 1.29 is 9.53 Å². The minimum Gasteiger partial charge on any atom is -0.465 e. The lowest BCUT2D eigenvalue weighted by molar-refractivity contribution is -0.149. The minimum atomic E-state index is -0.276. The highest BCUT2D eigenvalue weighted by molar-refractivity contribution is 7.80. The van der Waals surface area contributed by atoms with Crippen molar-refractivity contribution in [2.75, 3.05) is 13.7 Å². The van der Waals surface area contributed by atoms with E-state index in [0.29, 0.717) is 18.0 Å². The summed E-state index contributed by atoms with van der Waals surface area (Å²) in [6.45, 7) is 6.00. The van der Waals surface area contributed by atoms with Crippen LogP contribution in [0.4, 0.5) is 0 Å². The maximum atomic E-state index is 11.6. The zero-order valence-electron chi connectivity index (χ0n) is 9.82. The van der Waals surface area contributed by atoms with E-state index in [9.17, 15) is 4.79 Å². The van der Waals surface area contributed by atoms with Gasteiger partial charge >= 0.3 is 5.97 Å². The van der Waals surface area contributed by atoms with Crippen LogP contribution in [-0.4, -0.2) is 41.6 Å². The van der Waals surface area contributed by atoms with Crippen LogP contribution in [-0.2, 0) is 9.53 Å². The molecule has 0 saturated heterocycles. The van der Waals surface area contributed by atoms with Gasteiger partial charge in [-0.2, -0.15) is 0 Å². The van der Waals surface area contributed by atoms with Crippen LogP contribution in [0.5, 0.6) is 0 Å². The number of ether oxygens (including phenoxy) is 1. The largest absolute Gasteiger partial charge is 0.465 e. The second-order valence-electron chi connectivity index (χ2n) is 3.42. The van der Waals surface area contributed by atoms with E-state index in [4.69, 9.17) is 22.7 Å². The van der Waals surface area contributed by atoms with Crippen LogP contribution < -0.4 is 5.73 Å². The van der Waals surface area contributed by atoms with Crippen molar-refractivity contribution >= 4 is 23.2 Å². The van der Waals surface area contributed by atoms with Gasteiger partial charge in [0.1, 0.15) is 6.04 Å². The highest BCUT2D eigenvalue weighted by atomic mass is 32.1. The molecular formula is C10H20N2O2S. The van der Waals surface area contributed by atoms with Crippen LogP contribution in [0.15, 0.2) is 0 Å². The van der Waals surface area contributed by atoms with Crippen molar-refractivity contribution in [2.45, 2.75) is 39.3 Å². The summed E-state index contributed by atoms with van der Waals surface area (Å²) in [5, 5.41) is 0. The van der Waals surface area contributed by atoms with Gasteiger partial charge in [0.2, 0.25) is 0 Å². The highest BCUT2D eigenvalue weighted by Gasteiger charge is 2.26. The van der Waals surface area contributed by atoms with E-state index in [2.05, 4.69) is 0 Å². The van der Waals surface area contributed by atoms with E-state index in [0.717, 1.165) is 0 Å². The normalized spacial score (nSPS) is 14.7. The predicted octanol–water partition coefficient (Wildman–Crippen LogP) is 0.934. The molecule has 0 aromatic rings. The third-order valence-corrected chi connectivity index (χ3v) is 2.80. The minimum absolute atomic E-state index is 0.102. The monoisotopic (exact) mass is 232 g/mol. The first-order valence-corrected chi connectivity index (χ1v) is 5.54. The molecule has 0 rings (SSSR count). The maximum Gasteiger partial charge on any atom is 0.323 e. The summed E-state index contributed by atoms with van der Waals surface area (Å²) in [5.41, 5.74) is 5.54. The number of hydrogen-bond donors (Lipinski definition) is 1. The summed E-state index contributed by atoms with van der Waals surface area (Å²) in [7, 11) is 1.83. The predicted molar refractivity (Wildman–Crippen MR) is 64.7 cm³/mol. The molecule has 2 unspecified atom stereocenters. The molecule has 5 heteroatoms. The Hall–Kier alpha value is -0.680. The number of carbonyl (C=O) groups is 1. The average molecular weight is 232 g/mol. The maximum absolute atomic E-state index is 11.6. The molecule has 2 atom stereocenters. The summed E-state index contributed by atoms with van der Waals surface area (Å²) in [4.78, 5) is 13.8. The fraction of sp³-hybridized carbons (Fsp3) is 0.800. The standard InChI is InChI=1S/C10H20N2O2S/c1-5-8(10(13)14-6-2)12(4)7(3)9(11)15/h7-8H,5-6H2,1-4H3,(H2,11,15). The SMILES string of the molecule is CCOC(=O)C(CC)N(C)C(C)C(N)=S. The molecular weight excluding hydrogens is 212 g/mol. The quantitative estimate of drug-likeness (QED) is 0.545. The molecule has 0 aliphatic rings. The van der Waals surface area contributed by atoms with Crippen molar-refractivity contribution in [1.82, 2.24) is 4.90 Å². The molecule has 0 aromatic heterocycles. The number of carbonyl (C=O) groups excluding carboxylic acids is 1. The molecule has 0 amide bonds. The van der Waals surface area contributed by atoms with Gasteiger partial charge in [-0.25, -0.2) is 0 Å². The number of nitrogens with zero attached hydrogens (tertiary/aromatic N) is 1. The van der Waals surface area contributed by atoms with Crippen molar-refractivity contribution in [2.24, 2.45) is 5.73 Å². The molecule has 0 bridgehead atoms. The van der Waals surface area contributed by atoms with Gasteiger partial charge in [-0.3, -0.25) is 9.69 Å². The van der Waals surface area contributed by atoms with Gasteiger partial charge < -0.3 is 10.5 Å². The first-order chi connectivity index (χ1) is 6.95.